The zero-order chi connectivity index (χ0) is 18.7. The van der Waals surface area contributed by atoms with E-state index >= 15 is 0 Å². The molecule has 0 N–H and O–H groups in total. The van der Waals surface area contributed by atoms with Gasteiger partial charge in [0.1, 0.15) is 12.3 Å². The van der Waals surface area contributed by atoms with Crippen molar-refractivity contribution in [3.05, 3.63) is 29.8 Å². The van der Waals surface area contributed by atoms with Crippen LogP contribution in [0, 0.1) is 11.8 Å². The van der Waals surface area contributed by atoms with Gasteiger partial charge < -0.3 is 9.47 Å². The van der Waals surface area contributed by atoms with Crippen molar-refractivity contribution in [2.45, 2.75) is 25.7 Å². The Morgan fingerprint density at radius 1 is 1.08 bits per heavy atom. The SMILES string of the molecule is COc1ccccc1C(=O)COC(=O)CN1C(=O)[C@@H]2CCCC[C@H]2C1=O. The lowest BCUT2D eigenvalue weighted by Gasteiger charge is -2.19. The molecule has 3 rings (SSSR count). The Balaban J connectivity index is 1.57. The number of hydrogen-bond acceptors (Lipinski definition) is 6. The van der Waals surface area contributed by atoms with Crippen molar-refractivity contribution in [2.75, 3.05) is 20.3 Å². The molecular formula is C19H21NO6. The molecule has 2 amide bonds. The van der Waals surface area contributed by atoms with Crippen molar-refractivity contribution in [1.29, 1.82) is 0 Å². The summed E-state index contributed by atoms with van der Waals surface area (Å²) in [5.41, 5.74) is 0.308. The number of likely N-dealkylation sites (tertiary alicyclic amines) is 1. The van der Waals surface area contributed by atoms with Gasteiger partial charge >= 0.3 is 5.97 Å². The highest BCUT2D eigenvalue weighted by Crippen LogP contribution is 2.37. The third kappa shape index (κ3) is 3.47. The average Bonchev–Trinajstić information content (AvgIpc) is 2.91. The van der Waals surface area contributed by atoms with E-state index in [2.05, 4.69) is 0 Å². The molecule has 26 heavy (non-hydrogen) atoms. The van der Waals surface area contributed by atoms with Crippen LogP contribution >= 0.6 is 0 Å². The lowest BCUT2D eigenvalue weighted by atomic mass is 9.81. The second-order valence-electron chi connectivity index (χ2n) is 6.54. The van der Waals surface area contributed by atoms with Crippen LogP contribution in [0.5, 0.6) is 5.75 Å². The maximum absolute atomic E-state index is 12.3. The maximum atomic E-state index is 12.3. The highest BCUT2D eigenvalue weighted by molar-refractivity contribution is 6.07. The van der Waals surface area contributed by atoms with Crippen molar-refractivity contribution >= 4 is 23.6 Å². The number of nitrogens with zero attached hydrogens (tertiary/aromatic N) is 1. The molecule has 1 aromatic carbocycles. The Bertz CT molecular complexity index is 719. The summed E-state index contributed by atoms with van der Waals surface area (Å²) in [5.74, 6) is -2.00. The van der Waals surface area contributed by atoms with Crippen LogP contribution in [0.15, 0.2) is 24.3 Å². The number of para-hydroxylation sites is 1. The van der Waals surface area contributed by atoms with Crippen molar-refractivity contribution in [2.24, 2.45) is 11.8 Å². The van der Waals surface area contributed by atoms with Crippen LogP contribution in [0.25, 0.3) is 0 Å². The van der Waals surface area contributed by atoms with Crippen LogP contribution < -0.4 is 4.74 Å². The molecule has 0 spiro atoms. The van der Waals surface area contributed by atoms with Gasteiger partial charge in [-0.25, -0.2) is 0 Å². The number of fused-ring (bicyclic) bond motifs is 1. The number of ether oxygens (including phenoxy) is 2. The number of amides is 2. The predicted molar refractivity (Wildman–Crippen MR) is 90.5 cm³/mol. The lowest BCUT2D eigenvalue weighted by molar-refractivity contribution is -0.152. The summed E-state index contributed by atoms with van der Waals surface area (Å²) in [7, 11) is 1.45. The molecule has 2 aliphatic rings. The van der Waals surface area contributed by atoms with Gasteiger partial charge in [-0.1, -0.05) is 25.0 Å². The van der Waals surface area contributed by atoms with Gasteiger partial charge in [0.05, 0.1) is 24.5 Å². The zero-order valence-corrected chi connectivity index (χ0v) is 14.6. The fraction of sp³-hybridized carbons (Fsp3) is 0.474. The molecule has 0 unspecified atom stereocenters. The number of carbonyl (C=O) groups excluding carboxylic acids is 4. The first-order valence-electron chi connectivity index (χ1n) is 8.70. The third-order valence-electron chi connectivity index (χ3n) is 4.99. The molecule has 138 valence electrons. The molecule has 1 aliphatic heterocycles. The molecule has 1 aliphatic carbocycles. The van der Waals surface area contributed by atoms with E-state index in [-0.39, 0.29) is 23.7 Å². The van der Waals surface area contributed by atoms with Gasteiger partial charge in [0, 0.05) is 0 Å². The topological polar surface area (TPSA) is 90.0 Å². The summed E-state index contributed by atoms with van der Waals surface area (Å²) >= 11 is 0. The number of methoxy groups -OCH3 is 1. The minimum Gasteiger partial charge on any atom is -0.496 e. The molecule has 1 saturated carbocycles. The highest BCUT2D eigenvalue weighted by atomic mass is 16.5. The van der Waals surface area contributed by atoms with Gasteiger partial charge in [-0.05, 0) is 25.0 Å². The van der Waals surface area contributed by atoms with Crippen molar-refractivity contribution in [3.8, 4) is 5.75 Å². The molecule has 7 heteroatoms. The first kappa shape index (κ1) is 18.1. The predicted octanol–water partition coefficient (Wildman–Crippen LogP) is 1.60. The van der Waals surface area contributed by atoms with E-state index in [1.807, 2.05) is 0 Å². The number of benzene rings is 1. The average molecular weight is 359 g/mol. The highest BCUT2D eigenvalue weighted by Gasteiger charge is 2.48. The first-order valence-corrected chi connectivity index (χ1v) is 8.70. The minimum absolute atomic E-state index is 0.298. The molecule has 2 fully saturated rings. The van der Waals surface area contributed by atoms with Gasteiger partial charge in [-0.15, -0.1) is 0 Å². The molecule has 1 heterocycles. The second kappa shape index (κ2) is 7.68. The summed E-state index contributed by atoms with van der Waals surface area (Å²) < 4.78 is 10.1. The summed E-state index contributed by atoms with van der Waals surface area (Å²) in [6.45, 7) is -0.911. The quantitative estimate of drug-likeness (QED) is 0.435. The van der Waals surface area contributed by atoms with Gasteiger partial charge in [0.15, 0.2) is 6.61 Å². The van der Waals surface area contributed by atoms with Crippen LogP contribution in [0.2, 0.25) is 0 Å². The molecule has 7 nitrogen and oxygen atoms in total. The van der Waals surface area contributed by atoms with Crippen molar-refractivity contribution < 1.29 is 28.7 Å². The lowest BCUT2D eigenvalue weighted by Crippen LogP contribution is -2.37. The number of ketones is 1. The smallest absolute Gasteiger partial charge is 0.326 e. The number of Topliss-reactive ketones (excluding diaryl/α,β-unsaturated/α-hetero) is 1. The summed E-state index contributed by atoms with van der Waals surface area (Å²) in [6, 6.07) is 6.62. The minimum atomic E-state index is -0.770. The van der Waals surface area contributed by atoms with E-state index in [0.29, 0.717) is 24.2 Å². The maximum Gasteiger partial charge on any atom is 0.326 e. The van der Waals surface area contributed by atoms with E-state index in [4.69, 9.17) is 9.47 Å². The molecule has 0 aromatic heterocycles. The van der Waals surface area contributed by atoms with Gasteiger partial charge in [-0.3, -0.25) is 24.1 Å². The number of imide groups is 1. The number of esters is 1. The zero-order valence-electron chi connectivity index (χ0n) is 14.6. The van der Waals surface area contributed by atoms with Gasteiger partial charge in [-0.2, -0.15) is 0 Å². The summed E-state index contributed by atoms with van der Waals surface area (Å²) in [4.78, 5) is 49.9. The van der Waals surface area contributed by atoms with Crippen molar-refractivity contribution in [1.82, 2.24) is 4.90 Å². The normalized spacial score (nSPS) is 22.1. The fourth-order valence-electron chi connectivity index (χ4n) is 3.66. The van der Waals surface area contributed by atoms with E-state index < -0.39 is 24.9 Å². The Hall–Kier alpha value is -2.70. The first-order chi connectivity index (χ1) is 12.5. The molecule has 2 atom stereocenters. The standard InChI is InChI=1S/C19H21NO6/c1-25-16-9-5-4-8-14(16)15(21)11-26-17(22)10-20-18(23)12-6-2-3-7-13(12)19(20)24/h4-5,8-9,12-13H,2-3,6-7,10-11H2,1H3/t12-,13-/m1/s1. The monoisotopic (exact) mass is 359 g/mol. The van der Waals surface area contributed by atoms with E-state index in [1.165, 1.54) is 7.11 Å². The second-order valence-corrected chi connectivity index (χ2v) is 6.54. The van der Waals surface area contributed by atoms with Crippen LogP contribution in [0.4, 0.5) is 0 Å². The van der Waals surface area contributed by atoms with E-state index in [9.17, 15) is 19.2 Å². The summed E-state index contributed by atoms with van der Waals surface area (Å²) in [6.07, 6.45) is 3.22. The Labute approximate surface area is 151 Å². The number of rotatable bonds is 6. The van der Waals surface area contributed by atoms with Crippen molar-refractivity contribution in [3.63, 3.8) is 0 Å². The Kier molecular flexibility index (Phi) is 5.35. The fourth-order valence-corrected chi connectivity index (χ4v) is 3.66. The Morgan fingerprint density at radius 3 is 2.31 bits per heavy atom. The van der Waals surface area contributed by atoms with Gasteiger partial charge in [0.25, 0.3) is 0 Å². The van der Waals surface area contributed by atoms with Crippen LogP contribution in [0.1, 0.15) is 36.0 Å². The van der Waals surface area contributed by atoms with Crippen LogP contribution in [-0.2, 0) is 19.1 Å². The largest absolute Gasteiger partial charge is 0.496 e. The number of hydrogen-bond donors (Lipinski definition) is 0. The number of carbonyl (C=O) groups is 4. The Morgan fingerprint density at radius 2 is 1.69 bits per heavy atom. The molecular weight excluding hydrogens is 338 g/mol. The molecule has 0 bridgehead atoms. The van der Waals surface area contributed by atoms with E-state index in [1.54, 1.807) is 24.3 Å². The van der Waals surface area contributed by atoms with E-state index in [0.717, 1.165) is 17.7 Å². The molecule has 0 radical (unpaired) electrons. The van der Waals surface area contributed by atoms with Crippen LogP contribution in [0.3, 0.4) is 0 Å². The summed E-state index contributed by atoms with van der Waals surface area (Å²) in [5, 5.41) is 0. The van der Waals surface area contributed by atoms with Gasteiger partial charge in [0.2, 0.25) is 17.6 Å². The third-order valence-corrected chi connectivity index (χ3v) is 4.99. The molecule has 1 aromatic rings. The van der Waals surface area contributed by atoms with Crippen LogP contribution in [-0.4, -0.2) is 48.7 Å². The molecule has 1 saturated heterocycles.